The fourth-order valence-corrected chi connectivity index (χ4v) is 4.88. The first kappa shape index (κ1) is 16.1. The standard InChI is InChI=1S/C17H26O4/c1-12(2)16(9-5-3-6-10-16)17(15(20)21)11-7-4-8-13(17)14(18)19/h4,7,12-13H,3,5-6,8-11H2,1-2H3,(H,18,19)(H,20,21). The van der Waals surface area contributed by atoms with E-state index < -0.39 is 28.7 Å². The molecule has 2 aliphatic carbocycles. The van der Waals surface area contributed by atoms with E-state index in [1.165, 1.54) is 0 Å². The molecule has 118 valence electrons. The van der Waals surface area contributed by atoms with Gasteiger partial charge < -0.3 is 10.2 Å². The van der Waals surface area contributed by atoms with Gasteiger partial charge in [-0.2, -0.15) is 0 Å². The van der Waals surface area contributed by atoms with E-state index in [2.05, 4.69) is 13.8 Å². The molecule has 0 amide bonds. The van der Waals surface area contributed by atoms with Crippen molar-refractivity contribution in [3.05, 3.63) is 12.2 Å². The van der Waals surface area contributed by atoms with E-state index >= 15 is 0 Å². The van der Waals surface area contributed by atoms with Crippen LogP contribution in [-0.4, -0.2) is 22.2 Å². The van der Waals surface area contributed by atoms with Gasteiger partial charge in [0, 0.05) is 0 Å². The quantitative estimate of drug-likeness (QED) is 0.775. The van der Waals surface area contributed by atoms with Crippen LogP contribution in [0, 0.1) is 22.7 Å². The predicted octanol–water partition coefficient (Wildman–Crippen LogP) is 3.71. The van der Waals surface area contributed by atoms with E-state index in [0.717, 1.165) is 32.1 Å². The van der Waals surface area contributed by atoms with Crippen LogP contribution in [0.15, 0.2) is 12.2 Å². The maximum absolute atomic E-state index is 12.3. The third-order valence-electron chi connectivity index (χ3n) is 5.99. The van der Waals surface area contributed by atoms with Gasteiger partial charge in [-0.25, -0.2) is 0 Å². The number of carboxylic acids is 2. The third-order valence-corrected chi connectivity index (χ3v) is 5.99. The zero-order valence-corrected chi connectivity index (χ0v) is 13.0. The monoisotopic (exact) mass is 294 g/mol. The lowest BCUT2D eigenvalue weighted by Gasteiger charge is -2.56. The maximum Gasteiger partial charge on any atom is 0.311 e. The number of hydrogen-bond donors (Lipinski definition) is 2. The minimum atomic E-state index is -1.16. The molecule has 0 saturated heterocycles. The Labute approximate surface area is 126 Å². The second-order valence-corrected chi connectivity index (χ2v) is 6.95. The largest absolute Gasteiger partial charge is 0.481 e. The fourth-order valence-electron chi connectivity index (χ4n) is 4.88. The second-order valence-electron chi connectivity index (χ2n) is 6.95. The summed E-state index contributed by atoms with van der Waals surface area (Å²) in [7, 11) is 0. The van der Waals surface area contributed by atoms with Crippen molar-refractivity contribution in [2.75, 3.05) is 0 Å². The molecule has 1 fully saturated rings. The van der Waals surface area contributed by atoms with Crippen molar-refractivity contribution in [2.24, 2.45) is 22.7 Å². The highest BCUT2D eigenvalue weighted by Gasteiger charge is 2.63. The molecule has 0 aromatic rings. The van der Waals surface area contributed by atoms with Gasteiger partial charge in [0.05, 0.1) is 11.3 Å². The summed E-state index contributed by atoms with van der Waals surface area (Å²) in [6.45, 7) is 4.13. The van der Waals surface area contributed by atoms with Gasteiger partial charge in [0.25, 0.3) is 0 Å². The normalized spacial score (nSPS) is 32.0. The van der Waals surface area contributed by atoms with Crippen molar-refractivity contribution in [2.45, 2.75) is 58.8 Å². The van der Waals surface area contributed by atoms with Crippen LogP contribution < -0.4 is 0 Å². The molecule has 4 heteroatoms. The lowest BCUT2D eigenvalue weighted by Crippen LogP contribution is -2.58. The first-order valence-corrected chi connectivity index (χ1v) is 7.99. The number of rotatable bonds is 4. The molecule has 0 aromatic carbocycles. The van der Waals surface area contributed by atoms with Crippen molar-refractivity contribution in [1.82, 2.24) is 0 Å². The average Bonchev–Trinajstić information content (AvgIpc) is 2.47. The Morgan fingerprint density at radius 2 is 1.71 bits per heavy atom. The van der Waals surface area contributed by atoms with Crippen LogP contribution in [0.5, 0.6) is 0 Å². The Bertz CT molecular complexity index is 446. The Balaban J connectivity index is 2.60. The Morgan fingerprint density at radius 3 is 2.19 bits per heavy atom. The molecule has 0 aromatic heterocycles. The van der Waals surface area contributed by atoms with E-state index in [-0.39, 0.29) is 5.92 Å². The third kappa shape index (κ3) is 2.29. The molecule has 0 spiro atoms. The highest BCUT2D eigenvalue weighted by molar-refractivity contribution is 5.85. The summed E-state index contributed by atoms with van der Waals surface area (Å²) in [6.07, 6.45) is 9.17. The van der Waals surface area contributed by atoms with Crippen LogP contribution in [0.4, 0.5) is 0 Å². The van der Waals surface area contributed by atoms with Crippen LogP contribution in [0.2, 0.25) is 0 Å². The van der Waals surface area contributed by atoms with E-state index in [4.69, 9.17) is 0 Å². The van der Waals surface area contributed by atoms with Crippen LogP contribution >= 0.6 is 0 Å². The van der Waals surface area contributed by atoms with Crippen molar-refractivity contribution >= 4 is 11.9 Å². The molecule has 0 heterocycles. The lowest BCUT2D eigenvalue weighted by atomic mass is 9.46. The molecule has 2 unspecified atom stereocenters. The molecular formula is C17H26O4. The Morgan fingerprint density at radius 1 is 1.10 bits per heavy atom. The number of carboxylic acid groups (broad SMARTS) is 2. The molecule has 2 rings (SSSR count). The van der Waals surface area contributed by atoms with Gasteiger partial charge >= 0.3 is 11.9 Å². The van der Waals surface area contributed by atoms with Crippen LogP contribution in [0.3, 0.4) is 0 Å². The highest BCUT2D eigenvalue weighted by atomic mass is 16.4. The summed E-state index contributed by atoms with van der Waals surface area (Å²) in [4.78, 5) is 24.1. The zero-order chi connectivity index (χ0) is 15.7. The molecule has 0 aliphatic heterocycles. The first-order chi connectivity index (χ1) is 9.88. The van der Waals surface area contributed by atoms with Gasteiger partial charge in [-0.05, 0) is 37.0 Å². The van der Waals surface area contributed by atoms with E-state index in [9.17, 15) is 19.8 Å². The van der Waals surface area contributed by atoms with Crippen LogP contribution in [0.1, 0.15) is 58.8 Å². The molecular weight excluding hydrogens is 268 g/mol. The zero-order valence-electron chi connectivity index (χ0n) is 13.0. The number of aliphatic carboxylic acids is 2. The highest BCUT2D eigenvalue weighted by Crippen LogP contribution is 2.61. The van der Waals surface area contributed by atoms with Crippen molar-refractivity contribution in [3.8, 4) is 0 Å². The molecule has 0 bridgehead atoms. The summed E-state index contributed by atoms with van der Waals surface area (Å²) >= 11 is 0. The number of hydrogen-bond acceptors (Lipinski definition) is 2. The average molecular weight is 294 g/mol. The Hall–Kier alpha value is -1.32. The van der Waals surface area contributed by atoms with E-state index in [1.807, 2.05) is 12.2 Å². The molecule has 4 nitrogen and oxygen atoms in total. The SMILES string of the molecule is CC(C)C1(C2(C(=O)O)CC=CCC2C(=O)O)CCCCC1. The van der Waals surface area contributed by atoms with Gasteiger partial charge in [0.1, 0.15) is 0 Å². The predicted molar refractivity (Wildman–Crippen MR) is 79.9 cm³/mol. The Kier molecular flexibility index (Phi) is 4.45. The first-order valence-electron chi connectivity index (χ1n) is 7.99. The van der Waals surface area contributed by atoms with Crippen molar-refractivity contribution < 1.29 is 19.8 Å². The molecule has 2 atom stereocenters. The minimum Gasteiger partial charge on any atom is -0.481 e. The smallest absolute Gasteiger partial charge is 0.311 e. The van der Waals surface area contributed by atoms with Crippen LogP contribution in [0.25, 0.3) is 0 Å². The molecule has 1 saturated carbocycles. The topological polar surface area (TPSA) is 74.6 Å². The summed E-state index contributed by atoms with van der Waals surface area (Å²) in [6, 6.07) is 0. The van der Waals surface area contributed by atoms with Gasteiger partial charge in [-0.3, -0.25) is 9.59 Å². The van der Waals surface area contributed by atoms with E-state index in [1.54, 1.807) is 0 Å². The lowest BCUT2D eigenvalue weighted by molar-refractivity contribution is -0.184. The molecule has 2 aliphatic rings. The summed E-state index contributed by atoms with van der Waals surface area (Å²) < 4.78 is 0. The van der Waals surface area contributed by atoms with Gasteiger partial charge in [-0.15, -0.1) is 0 Å². The van der Waals surface area contributed by atoms with Crippen LogP contribution in [-0.2, 0) is 9.59 Å². The second kappa shape index (κ2) is 5.82. The summed E-state index contributed by atoms with van der Waals surface area (Å²) in [5, 5.41) is 19.7. The minimum absolute atomic E-state index is 0.169. The van der Waals surface area contributed by atoms with E-state index in [0.29, 0.717) is 12.8 Å². The molecule has 21 heavy (non-hydrogen) atoms. The summed E-state index contributed by atoms with van der Waals surface area (Å²) in [5.41, 5.74) is -1.58. The van der Waals surface area contributed by atoms with Gasteiger partial charge in [-0.1, -0.05) is 45.3 Å². The molecule has 2 N–H and O–H groups in total. The van der Waals surface area contributed by atoms with Gasteiger partial charge in [0.15, 0.2) is 0 Å². The summed E-state index contributed by atoms with van der Waals surface area (Å²) in [5.74, 6) is -2.54. The van der Waals surface area contributed by atoms with Crippen molar-refractivity contribution in [3.63, 3.8) is 0 Å². The number of allylic oxidation sites excluding steroid dienone is 2. The number of carbonyl (C=O) groups is 2. The maximum atomic E-state index is 12.3. The van der Waals surface area contributed by atoms with Gasteiger partial charge in [0.2, 0.25) is 0 Å². The fraction of sp³-hybridized carbons (Fsp3) is 0.765. The molecule has 0 radical (unpaired) electrons. The van der Waals surface area contributed by atoms with Crippen molar-refractivity contribution in [1.29, 1.82) is 0 Å².